The van der Waals surface area contributed by atoms with Crippen molar-refractivity contribution in [3.8, 4) is 0 Å². The van der Waals surface area contributed by atoms with Crippen LogP contribution in [-0.4, -0.2) is 26.8 Å². The second-order valence-electron chi connectivity index (χ2n) is 3.86. The molecule has 13 heavy (non-hydrogen) atoms. The molecule has 0 aliphatic rings. The Morgan fingerprint density at radius 1 is 1.23 bits per heavy atom. The van der Waals surface area contributed by atoms with Crippen molar-refractivity contribution in [2.75, 3.05) is 20.8 Å². The summed E-state index contributed by atoms with van der Waals surface area (Å²) in [6, 6.07) is 0.699. The van der Waals surface area contributed by atoms with Gasteiger partial charge >= 0.3 is 0 Å². The largest absolute Gasteiger partial charge is 0.385 e. The van der Waals surface area contributed by atoms with Crippen LogP contribution >= 0.6 is 0 Å². The van der Waals surface area contributed by atoms with E-state index < -0.39 is 0 Å². The zero-order valence-corrected chi connectivity index (χ0v) is 9.60. The van der Waals surface area contributed by atoms with Crippen molar-refractivity contribution in [1.29, 1.82) is 0 Å². The summed E-state index contributed by atoms with van der Waals surface area (Å²) in [7, 11) is 3.82. The van der Waals surface area contributed by atoms with E-state index in [9.17, 15) is 0 Å². The van der Waals surface area contributed by atoms with E-state index in [2.05, 4.69) is 19.2 Å². The molecule has 2 heteroatoms. The highest BCUT2D eigenvalue weighted by molar-refractivity contribution is 4.64. The lowest BCUT2D eigenvalue weighted by Crippen LogP contribution is -2.24. The van der Waals surface area contributed by atoms with Gasteiger partial charge in [-0.2, -0.15) is 0 Å². The molecule has 0 amide bonds. The third-order valence-corrected chi connectivity index (χ3v) is 2.72. The Kier molecular flexibility index (Phi) is 8.46. The SMILES string of the molecule is CCC(CCC(C)CCOC)NC. The summed E-state index contributed by atoms with van der Waals surface area (Å²) < 4.78 is 5.06. The molecule has 0 aliphatic heterocycles. The third-order valence-electron chi connectivity index (χ3n) is 2.72. The summed E-state index contributed by atoms with van der Waals surface area (Å²) in [6.07, 6.45) is 5.02. The van der Waals surface area contributed by atoms with Crippen molar-refractivity contribution < 1.29 is 4.74 Å². The van der Waals surface area contributed by atoms with E-state index in [1.165, 1.54) is 25.7 Å². The number of ether oxygens (including phenoxy) is 1. The van der Waals surface area contributed by atoms with Gasteiger partial charge in [-0.1, -0.05) is 13.8 Å². The van der Waals surface area contributed by atoms with Gasteiger partial charge in [0.25, 0.3) is 0 Å². The van der Waals surface area contributed by atoms with Crippen LogP contribution in [0.5, 0.6) is 0 Å². The molecule has 0 bridgehead atoms. The molecular formula is C11H25NO. The molecule has 0 heterocycles. The number of hydrogen-bond acceptors (Lipinski definition) is 2. The first-order valence-corrected chi connectivity index (χ1v) is 5.40. The van der Waals surface area contributed by atoms with Crippen LogP contribution in [0.2, 0.25) is 0 Å². The van der Waals surface area contributed by atoms with Gasteiger partial charge in [0.1, 0.15) is 0 Å². The zero-order chi connectivity index (χ0) is 10.1. The van der Waals surface area contributed by atoms with Gasteiger partial charge in [0, 0.05) is 19.8 Å². The lowest BCUT2D eigenvalue weighted by molar-refractivity contribution is 0.177. The maximum atomic E-state index is 5.06. The minimum Gasteiger partial charge on any atom is -0.385 e. The Morgan fingerprint density at radius 2 is 1.92 bits per heavy atom. The predicted octanol–water partition coefficient (Wildman–Crippen LogP) is 2.44. The van der Waals surface area contributed by atoms with Crippen LogP contribution in [0, 0.1) is 5.92 Å². The molecule has 0 aromatic rings. The summed E-state index contributed by atoms with van der Waals surface area (Å²) in [5.74, 6) is 0.794. The molecule has 0 aromatic heterocycles. The summed E-state index contributed by atoms with van der Waals surface area (Å²) in [5.41, 5.74) is 0. The molecule has 0 fully saturated rings. The highest BCUT2D eigenvalue weighted by Crippen LogP contribution is 2.13. The Morgan fingerprint density at radius 3 is 2.38 bits per heavy atom. The maximum Gasteiger partial charge on any atom is 0.0464 e. The van der Waals surface area contributed by atoms with Crippen molar-refractivity contribution in [2.45, 2.75) is 45.6 Å². The fourth-order valence-electron chi connectivity index (χ4n) is 1.50. The van der Waals surface area contributed by atoms with Crippen molar-refractivity contribution in [3.63, 3.8) is 0 Å². The maximum absolute atomic E-state index is 5.06. The Bertz CT molecular complexity index is 102. The smallest absolute Gasteiger partial charge is 0.0464 e. The lowest BCUT2D eigenvalue weighted by atomic mass is 9.98. The van der Waals surface area contributed by atoms with E-state index in [-0.39, 0.29) is 0 Å². The normalized spacial score (nSPS) is 15.7. The highest BCUT2D eigenvalue weighted by atomic mass is 16.5. The standard InChI is InChI=1S/C11H25NO/c1-5-11(12-3)7-6-10(2)8-9-13-4/h10-12H,5-9H2,1-4H3. The third kappa shape index (κ3) is 7.03. The molecule has 0 saturated carbocycles. The van der Waals surface area contributed by atoms with E-state index >= 15 is 0 Å². The Hall–Kier alpha value is -0.0800. The summed E-state index contributed by atoms with van der Waals surface area (Å²) in [5, 5.41) is 3.33. The quantitative estimate of drug-likeness (QED) is 0.630. The molecule has 0 spiro atoms. The first-order chi connectivity index (χ1) is 6.24. The molecule has 1 N–H and O–H groups in total. The van der Waals surface area contributed by atoms with E-state index in [1.54, 1.807) is 7.11 Å². The fourth-order valence-corrected chi connectivity index (χ4v) is 1.50. The van der Waals surface area contributed by atoms with Gasteiger partial charge in [0.2, 0.25) is 0 Å². The average Bonchev–Trinajstić information content (AvgIpc) is 2.16. The molecule has 0 rings (SSSR count). The van der Waals surface area contributed by atoms with E-state index in [0.717, 1.165) is 12.5 Å². The van der Waals surface area contributed by atoms with Crippen LogP contribution in [0.25, 0.3) is 0 Å². The van der Waals surface area contributed by atoms with Crippen LogP contribution in [-0.2, 0) is 4.74 Å². The molecule has 0 saturated heterocycles. The molecule has 0 radical (unpaired) electrons. The van der Waals surface area contributed by atoms with Gasteiger partial charge in [-0.05, 0) is 38.6 Å². The topological polar surface area (TPSA) is 21.3 Å². The Labute approximate surface area is 83.1 Å². The van der Waals surface area contributed by atoms with E-state index in [0.29, 0.717) is 6.04 Å². The second kappa shape index (κ2) is 8.52. The highest BCUT2D eigenvalue weighted by Gasteiger charge is 2.06. The minimum atomic E-state index is 0.699. The van der Waals surface area contributed by atoms with Gasteiger partial charge in [0.05, 0.1) is 0 Å². The zero-order valence-electron chi connectivity index (χ0n) is 9.60. The number of hydrogen-bond donors (Lipinski definition) is 1. The minimum absolute atomic E-state index is 0.699. The molecule has 2 atom stereocenters. The molecule has 2 nitrogen and oxygen atoms in total. The summed E-state index contributed by atoms with van der Waals surface area (Å²) >= 11 is 0. The number of rotatable bonds is 8. The predicted molar refractivity (Wildman–Crippen MR) is 58.0 cm³/mol. The van der Waals surface area contributed by atoms with Gasteiger partial charge in [-0.3, -0.25) is 0 Å². The van der Waals surface area contributed by atoms with Gasteiger partial charge in [0.15, 0.2) is 0 Å². The summed E-state index contributed by atoms with van der Waals surface area (Å²) in [4.78, 5) is 0. The Balaban J connectivity index is 3.38. The van der Waals surface area contributed by atoms with Gasteiger partial charge in [-0.25, -0.2) is 0 Å². The molecule has 80 valence electrons. The number of methoxy groups -OCH3 is 1. The van der Waals surface area contributed by atoms with Crippen LogP contribution in [0.1, 0.15) is 39.5 Å². The molecular weight excluding hydrogens is 162 g/mol. The van der Waals surface area contributed by atoms with Crippen LogP contribution in [0.4, 0.5) is 0 Å². The average molecular weight is 187 g/mol. The fraction of sp³-hybridized carbons (Fsp3) is 1.00. The van der Waals surface area contributed by atoms with Gasteiger partial charge in [-0.15, -0.1) is 0 Å². The first kappa shape index (κ1) is 12.9. The molecule has 0 aliphatic carbocycles. The molecule has 0 aromatic carbocycles. The first-order valence-electron chi connectivity index (χ1n) is 5.40. The van der Waals surface area contributed by atoms with Crippen molar-refractivity contribution in [3.05, 3.63) is 0 Å². The van der Waals surface area contributed by atoms with Gasteiger partial charge < -0.3 is 10.1 Å². The van der Waals surface area contributed by atoms with E-state index in [4.69, 9.17) is 4.74 Å². The van der Waals surface area contributed by atoms with Crippen LogP contribution in [0.15, 0.2) is 0 Å². The van der Waals surface area contributed by atoms with Crippen LogP contribution in [0.3, 0.4) is 0 Å². The van der Waals surface area contributed by atoms with Crippen molar-refractivity contribution >= 4 is 0 Å². The monoisotopic (exact) mass is 187 g/mol. The van der Waals surface area contributed by atoms with Crippen molar-refractivity contribution in [1.82, 2.24) is 5.32 Å². The lowest BCUT2D eigenvalue weighted by Gasteiger charge is -2.16. The number of nitrogens with one attached hydrogen (secondary N) is 1. The van der Waals surface area contributed by atoms with Crippen LogP contribution < -0.4 is 5.32 Å². The van der Waals surface area contributed by atoms with E-state index in [1.807, 2.05) is 7.05 Å². The van der Waals surface area contributed by atoms with Crippen molar-refractivity contribution in [2.24, 2.45) is 5.92 Å². The summed E-state index contributed by atoms with van der Waals surface area (Å²) in [6.45, 7) is 5.44. The molecule has 2 unspecified atom stereocenters. The second-order valence-corrected chi connectivity index (χ2v) is 3.86.